The number of rotatable bonds is 2. The van der Waals surface area contributed by atoms with E-state index in [1.807, 2.05) is 0 Å². The predicted octanol–water partition coefficient (Wildman–Crippen LogP) is 3.08. The van der Waals surface area contributed by atoms with Gasteiger partial charge < -0.3 is 10.5 Å². The molecule has 0 aliphatic rings. The normalized spacial score (nSPS) is 10.9. The maximum atomic E-state index is 11.4. The first-order valence-corrected chi connectivity index (χ1v) is 5.06. The molecule has 0 unspecified atom stereocenters. The molecule has 0 saturated heterocycles. The van der Waals surface area contributed by atoms with E-state index in [2.05, 4.69) is 12.2 Å². The highest BCUT2D eigenvalue weighted by Crippen LogP contribution is 2.24. The van der Waals surface area contributed by atoms with Gasteiger partial charge in [0.15, 0.2) is 0 Å². The molecule has 4 nitrogen and oxygen atoms in total. The van der Waals surface area contributed by atoms with Gasteiger partial charge in [-0.3, -0.25) is 5.32 Å². The number of nitrogens with two attached hydrogens (primary N) is 1. The Bertz CT molecular complexity index is 399. The number of hydrogen-bond acceptors (Lipinski definition) is 3. The van der Waals surface area contributed by atoms with Crippen molar-refractivity contribution in [3.63, 3.8) is 0 Å². The molecule has 5 heteroatoms. The minimum Gasteiger partial charge on any atom is -0.402 e. The molecule has 0 bridgehead atoms. The molecule has 1 rings (SSSR count). The van der Waals surface area contributed by atoms with Gasteiger partial charge in [0.2, 0.25) is 5.60 Å². The molecule has 1 amide bonds. The summed E-state index contributed by atoms with van der Waals surface area (Å²) in [6, 6.07) is 4.79. The quantitative estimate of drug-likeness (QED) is 0.618. The fraction of sp³-hybridized carbons (Fsp3) is 0.273. The summed E-state index contributed by atoms with van der Waals surface area (Å²) in [5.41, 5.74) is 5.71. The Hall–Kier alpha value is -1.55. The van der Waals surface area contributed by atoms with E-state index in [0.717, 1.165) is 0 Å². The van der Waals surface area contributed by atoms with Crippen molar-refractivity contribution in [2.75, 3.05) is 11.1 Å². The number of nitrogens with one attached hydrogen (secondary N) is 1. The number of carbonyl (C=O) groups excluding carboxylic acids is 1. The molecular weight excluding hydrogens is 228 g/mol. The first kappa shape index (κ1) is 12.5. The summed E-state index contributed by atoms with van der Waals surface area (Å²) in [6.45, 7) is 7.01. The van der Waals surface area contributed by atoms with Gasteiger partial charge in [0.25, 0.3) is 0 Å². The van der Waals surface area contributed by atoms with Crippen LogP contribution in [0.3, 0.4) is 0 Å². The molecule has 1 aromatic carbocycles. The molecule has 0 radical (unpaired) electrons. The lowest BCUT2D eigenvalue weighted by atomic mass is 10.2. The Kier molecular flexibility index (Phi) is 3.55. The average molecular weight is 242 g/mol. The van der Waals surface area contributed by atoms with E-state index in [-0.39, 0.29) is 0 Å². The van der Waals surface area contributed by atoms with Gasteiger partial charge in [0, 0.05) is 19.5 Å². The van der Waals surface area contributed by atoms with Crippen molar-refractivity contribution < 1.29 is 9.53 Å². The highest BCUT2D eigenvalue weighted by atomic mass is 35.5. The van der Waals surface area contributed by atoms with Crippen molar-refractivity contribution in [1.29, 1.82) is 0 Å². The van der Waals surface area contributed by atoms with Crippen LogP contribution < -0.4 is 11.1 Å². The van der Waals surface area contributed by atoms with Crippen LogP contribution >= 0.6 is 11.6 Å². The third-order valence-electron chi connectivity index (χ3n) is 1.60. The summed E-state index contributed by atoms with van der Waals surface area (Å²) in [6.07, 6.45) is -0.605. The minimum absolute atomic E-state index is 0.360. The summed E-state index contributed by atoms with van der Waals surface area (Å²) < 4.78 is 4.98. The second-order valence-electron chi connectivity index (χ2n) is 4.01. The first-order chi connectivity index (χ1) is 7.28. The summed E-state index contributed by atoms with van der Waals surface area (Å²) in [5, 5.41) is 2.87. The minimum atomic E-state index is -0.787. The zero-order valence-electron chi connectivity index (χ0n) is 9.21. The van der Waals surface area contributed by atoms with Crippen LogP contribution in [0, 0.1) is 6.92 Å². The van der Waals surface area contributed by atoms with Gasteiger partial charge in [0.05, 0.1) is 10.7 Å². The summed E-state index contributed by atoms with van der Waals surface area (Å²) in [4.78, 5) is 11.4. The van der Waals surface area contributed by atoms with Gasteiger partial charge in [0.1, 0.15) is 6.92 Å². The van der Waals surface area contributed by atoms with E-state index in [4.69, 9.17) is 22.1 Å². The van der Waals surface area contributed by atoms with Crippen LogP contribution in [0.5, 0.6) is 0 Å². The molecule has 0 spiro atoms. The van der Waals surface area contributed by atoms with Crippen molar-refractivity contribution in [2.24, 2.45) is 0 Å². The van der Waals surface area contributed by atoms with E-state index in [1.165, 1.54) is 0 Å². The lowest BCUT2D eigenvalue weighted by molar-refractivity contribution is 0.0822. The van der Waals surface area contributed by atoms with E-state index >= 15 is 0 Å². The lowest BCUT2D eigenvalue weighted by Gasteiger charge is -2.14. The third-order valence-corrected chi connectivity index (χ3v) is 1.91. The van der Waals surface area contributed by atoms with Crippen LogP contribution in [0.2, 0.25) is 5.02 Å². The molecule has 86 valence electrons. The van der Waals surface area contributed by atoms with E-state index < -0.39 is 11.7 Å². The van der Waals surface area contributed by atoms with E-state index in [9.17, 15) is 4.79 Å². The van der Waals surface area contributed by atoms with Crippen LogP contribution in [0.1, 0.15) is 13.8 Å². The Balaban J connectivity index is 2.70. The van der Waals surface area contributed by atoms with Crippen LogP contribution in [-0.2, 0) is 4.74 Å². The van der Waals surface area contributed by atoms with Crippen molar-refractivity contribution in [3.05, 3.63) is 30.1 Å². The SMILES string of the molecule is [CH2+]C(C)(C)OC(=O)Nc1ccc(N)cc1Cl. The first-order valence-electron chi connectivity index (χ1n) is 4.68. The second-order valence-corrected chi connectivity index (χ2v) is 4.42. The molecule has 1 aromatic rings. The number of hydrogen-bond donors (Lipinski definition) is 2. The second kappa shape index (κ2) is 4.53. The van der Waals surface area contributed by atoms with Gasteiger partial charge >= 0.3 is 6.09 Å². The summed E-state index contributed by atoms with van der Waals surface area (Å²) in [7, 11) is 0. The monoisotopic (exact) mass is 241 g/mol. The number of anilines is 2. The molecule has 0 aromatic heterocycles. The Morgan fingerprint density at radius 2 is 2.19 bits per heavy atom. The number of carbonyl (C=O) groups is 1. The largest absolute Gasteiger partial charge is 0.415 e. The molecule has 0 aliphatic heterocycles. The lowest BCUT2D eigenvalue weighted by Crippen LogP contribution is -2.27. The van der Waals surface area contributed by atoms with Gasteiger partial charge in [-0.25, -0.2) is 4.79 Å². The zero-order valence-corrected chi connectivity index (χ0v) is 9.97. The van der Waals surface area contributed by atoms with E-state index in [0.29, 0.717) is 16.4 Å². The fourth-order valence-corrected chi connectivity index (χ4v) is 1.26. The highest BCUT2D eigenvalue weighted by Gasteiger charge is 2.23. The van der Waals surface area contributed by atoms with E-state index in [1.54, 1.807) is 32.0 Å². The Morgan fingerprint density at radius 1 is 1.56 bits per heavy atom. The number of ether oxygens (including phenoxy) is 1. The average Bonchev–Trinajstić information content (AvgIpc) is 2.06. The standard InChI is InChI=1S/C11H13ClN2O2/c1-11(2,3)16-10(15)14-9-5-4-7(13)6-8(9)12/h4-6H,1,13H2,2-3H3/p+1. The maximum Gasteiger partial charge on any atom is 0.415 e. The number of amides is 1. The maximum absolute atomic E-state index is 11.4. The van der Waals surface area contributed by atoms with Crippen molar-refractivity contribution in [3.8, 4) is 0 Å². The van der Waals surface area contributed by atoms with Gasteiger partial charge in [-0.2, -0.15) is 0 Å². The topological polar surface area (TPSA) is 64.3 Å². The van der Waals surface area contributed by atoms with Crippen molar-refractivity contribution in [1.82, 2.24) is 0 Å². The Morgan fingerprint density at radius 3 is 2.69 bits per heavy atom. The summed E-state index contributed by atoms with van der Waals surface area (Å²) in [5.74, 6) is 0. The van der Waals surface area contributed by atoms with Crippen LogP contribution in [0.4, 0.5) is 16.2 Å². The van der Waals surface area contributed by atoms with Crippen molar-refractivity contribution >= 4 is 29.1 Å². The van der Waals surface area contributed by atoms with Crippen LogP contribution in [0.15, 0.2) is 18.2 Å². The number of halogens is 1. The highest BCUT2D eigenvalue weighted by molar-refractivity contribution is 6.33. The third kappa shape index (κ3) is 3.90. The van der Waals surface area contributed by atoms with Gasteiger partial charge in [-0.15, -0.1) is 0 Å². The number of benzene rings is 1. The van der Waals surface area contributed by atoms with Crippen molar-refractivity contribution in [2.45, 2.75) is 19.4 Å². The Labute approximate surface area is 99.7 Å². The van der Waals surface area contributed by atoms with Crippen LogP contribution in [0.25, 0.3) is 0 Å². The molecule has 16 heavy (non-hydrogen) atoms. The van der Waals surface area contributed by atoms with Gasteiger partial charge in [-0.05, 0) is 18.2 Å². The summed E-state index contributed by atoms with van der Waals surface area (Å²) >= 11 is 5.88. The molecule has 0 saturated carbocycles. The molecule has 0 fully saturated rings. The molecule has 3 N–H and O–H groups in total. The molecule has 0 atom stereocenters. The van der Waals surface area contributed by atoms with Gasteiger partial charge in [-0.1, -0.05) is 11.6 Å². The van der Waals surface area contributed by atoms with Crippen LogP contribution in [-0.4, -0.2) is 11.7 Å². The zero-order chi connectivity index (χ0) is 12.3. The molecule has 0 heterocycles. The number of nitrogen functional groups attached to an aromatic ring is 1. The fourth-order valence-electron chi connectivity index (χ4n) is 1.02. The molecular formula is C11H14ClN2O2+. The predicted molar refractivity (Wildman–Crippen MR) is 65.4 cm³/mol. The smallest absolute Gasteiger partial charge is 0.402 e. The molecule has 0 aliphatic carbocycles.